The van der Waals surface area contributed by atoms with Crippen molar-refractivity contribution in [2.24, 2.45) is 20.7 Å². The Hall–Kier alpha value is -4.60. The molecule has 10 heteroatoms. The molecule has 0 aromatic carbocycles. The van der Waals surface area contributed by atoms with E-state index in [1.807, 2.05) is 24.3 Å². The van der Waals surface area contributed by atoms with E-state index < -0.39 is 0 Å². The average molecular weight is 457 g/mol. The van der Waals surface area contributed by atoms with Crippen molar-refractivity contribution in [2.45, 2.75) is 19.8 Å². The molecule has 1 aliphatic rings. The summed E-state index contributed by atoms with van der Waals surface area (Å²) in [5, 5.41) is 0. The number of rotatable bonds is 4. The zero-order valence-corrected chi connectivity index (χ0v) is 19.2. The maximum atomic E-state index is 5.91. The Labute approximate surface area is 198 Å². The fraction of sp³-hybridized carbons (Fsp3) is 0.167. The fourth-order valence-electron chi connectivity index (χ4n) is 2.99. The number of hydrogen-bond acceptors (Lipinski definition) is 9. The van der Waals surface area contributed by atoms with E-state index in [2.05, 4.69) is 36.9 Å². The van der Waals surface area contributed by atoms with E-state index in [4.69, 9.17) is 22.9 Å². The second-order valence-electron chi connectivity index (χ2n) is 7.26. The van der Waals surface area contributed by atoms with Crippen LogP contribution in [-0.4, -0.2) is 39.4 Å². The van der Waals surface area contributed by atoms with Crippen molar-refractivity contribution < 1.29 is 0 Å². The van der Waals surface area contributed by atoms with Crippen LogP contribution in [0.2, 0.25) is 0 Å². The first kappa shape index (κ1) is 24.1. The number of hydrogen-bond donors (Lipinski definition) is 4. The summed E-state index contributed by atoms with van der Waals surface area (Å²) in [4.78, 5) is 24.9. The van der Waals surface area contributed by atoms with Crippen LogP contribution in [0.3, 0.4) is 0 Å². The second-order valence-corrected chi connectivity index (χ2v) is 7.26. The summed E-state index contributed by atoms with van der Waals surface area (Å²) in [6.45, 7) is 2.06. The molecule has 34 heavy (non-hydrogen) atoms. The standard InChI is InChI=1S/C13H16N4.C11H12N6/c1-2-10-7-6-9(13(15)17-10)8-11-4-3-5-12(14)16-11;1-14-9-6-5-7(11(13)17-9)15-10-4-2-3-8(12)16-10/h3-7H,2,8H2,1H3,(H2,14,16)(H2,15,17);2-6H,1H3,(H2,12,16)(H2,13,14,17). The molecule has 0 atom stereocenters. The van der Waals surface area contributed by atoms with Gasteiger partial charge in [-0.15, -0.1) is 0 Å². The third kappa shape index (κ3) is 6.70. The molecule has 0 radical (unpaired) electrons. The first-order valence-electron chi connectivity index (χ1n) is 10.6. The van der Waals surface area contributed by atoms with Gasteiger partial charge in [-0.1, -0.05) is 25.1 Å². The smallest absolute Gasteiger partial charge is 0.155 e. The highest BCUT2D eigenvalue weighted by Gasteiger charge is 2.09. The Bertz CT molecular complexity index is 1270. The number of amidine groups is 2. The molecule has 8 N–H and O–H groups in total. The molecule has 0 spiro atoms. The Morgan fingerprint density at radius 1 is 0.794 bits per heavy atom. The molecule has 0 fully saturated rings. The number of nitrogens with two attached hydrogens (primary N) is 4. The molecule has 0 saturated carbocycles. The van der Waals surface area contributed by atoms with Crippen LogP contribution in [0.1, 0.15) is 23.9 Å². The number of anilines is 3. The highest BCUT2D eigenvalue weighted by atomic mass is 15.0. The number of aliphatic imine (C=N–C) groups is 3. The van der Waals surface area contributed by atoms with Gasteiger partial charge in [0.2, 0.25) is 0 Å². The summed E-state index contributed by atoms with van der Waals surface area (Å²) in [6.07, 6.45) is 5.03. The van der Waals surface area contributed by atoms with E-state index in [1.165, 1.54) is 0 Å². The zero-order chi connectivity index (χ0) is 24.5. The van der Waals surface area contributed by atoms with Crippen molar-refractivity contribution in [3.63, 3.8) is 0 Å². The van der Waals surface area contributed by atoms with Crippen molar-refractivity contribution >= 4 is 40.7 Å². The highest BCUT2D eigenvalue weighted by molar-refractivity contribution is 6.49. The minimum atomic E-state index is 0.317. The molecule has 0 bridgehead atoms. The van der Waals surface area contributed by atoms with Crippen LogP contribution in [0.5, 0.6) is 0 Å². The molecule has 0 amide bonds. The molecule has 3 aromatic heterocycles. The summed E-state index contributed by atoms with van der Waals surface area (Å²) >= 11 is 0. The summed E-state index contributed by atoms with van der Waals surface area (Å²) in [7, 11) is 1.65. The molecular formula is C24H28N10. The minimum absolute atomic E-state index is 0.317. The fourth-order valence-corrected chi connectivity index (χ4v) is 2.99. The molecule has 4 heterocycles. The second kappa shape index (κ2) is 11.3. The molecule has 4 rings (SSSR count). The van der Waals surface area contributed by atoms with Gasteiger partial charge in [0.15, 0.2) is 11.7 Å². The van der Waals surface area contributed by atoms with E-state index in [0.717, 1.165) is 23.4 Å². The summed E-state index contributed by atoms with van der Waals surface area (Å²) in [6, 6.07) is 14.8. The lowest BCUT2D eigenvalue weighted by Crippen LogP contribution is -2.26. The van der Waals surface area contributed by atoms with Crippen molar-refractivity contribution in [1.29, 1.82) is 0 Å². The molecule has 0 aliphatic carbocycles. The number of pyridine rings is 3. The molecule has 174 valence electrons. The Morgan fingerprint density at radius 2 is 1.53 bits per heavy atom. The van der Waals surface area contributed by atoms with Gasteiger partial charge in [-0.25, -0.2) is 24.9 Å². The van der Waals surface area contributed by atoms with E-state index >= 15 is 0 Å². The Morgan fingerprint density at radius 3 is 2.15 bits per heavy atom. The number of nitrogens with zero attached hydrogens (tertiary/aromatic N) is 6. The quantitative estimate of drug-likeness (QED) is 0.465. The molecule has 0 saturated heterocycles. The third-order valence-electron chi connectivity index (χ3n) is 4.74. The zero-order valence-electron chi connectivity index (χ0n) is 19.2. The highest BCUT2D eigenvalue weighted by Crippen LogP contribution is 2.15. The summed E-state index contributed by atoms with van der Waals surface area (Å²) < 4.78 is 0. The first-order valence-corrected chi connectivity index (χ1v) is 10.6. The third-order valence-corrected chi connectivity index (χ3v) is 4.74. The average Bonchev–Trinajstić information content (AvgIpc) is 2.82. The van der Waals surface area contributed by atoms with Gasteiger partial charge in [0, 0.05) is 30.4 Å². The van der Waals surface area contributed by atoms with Crippen LogP contribution in [0.4, 0.5) is 23.3 Å². The SMILES string of the molecule is CCc1ccc(Cc2cccc(N)n2)c(N)n1.CN=C1C=CC(=Nc2cccc(N)n2)C(N)=N1. The lowest BCUT2D eigenvalue weighted by Gasteiger charge is -2.06. The number of nitrogen functional groups attached to an aromatic ring is 3. The first-order chi connectivity index (χ1) is 16.4. The predicted molar refractivity (Wildman–Crippen MR) is 139 cm³/mol. The van der Waals surface area contributed by atoms with Crippen LogP contribution in [0.25, 0.3) is 0 Å². The van der Waals surface area contributed by atoms with E-state index in [-0.39, 0.29) is 0 Å². The molecule has 0 unspecified atom stereocenters. The van der Waals surface area contributed by atoms with Crippen LogP contribution in [0.15, 0.2) is 75.7 Å². The number of aromatic nitrogens is 3. The van der Waals surface area contributed by atoms with Gasteiger partial charge < -0.3 is 22.9 Å². The van der Waals surface area contributed by atoms with Gasteiger partial charge in [0.25, 0.3) is 0 Å². The van der Waals surface area contributed by atoms with Gasteiger partial charge in [-0.05, 0) is 48.9 Å². The predicted octanol–water partition coefficient (Wildman–Crippen LogP) is 2.49. The maximum Gasteiger partial charge on any atom is 0.155 e. The largest absolute Gasteiger partial charge is 0.384 e. The molecule has 10 nitrogen and oxygen atoms in total. The van der Waals surface area contributed by atoms with Gasteiger partial charge in [-0.2, -0.15) is 0 Å². The van der Waals surface area contributed by atoms with Crippen molar-refractivity contribution in [1.82, 2.24) is 15.0 Å². The van der Waals surface area contributed by atoms with E-state index in [0.29, 0.717) is 47.1 Å². The topological polar surface area (TPSA) is 180 Å². The molecular weight excluding hydrogens is 428 g/mol. The van der Waals surface area contributed by atoms with Crippen LogP contribution >= 0.6 is 0 Å². The van der Waals surface area contributed by atoms with Crippen LogP contribution < -0.4 is 22.9 Å². The lowest BCUT2D eigenvalue weighted by atomic mass is 10.1. The molecule has 3 aromatic rings. The molecule has 1 aliphatic heterocycles. The number of aryl methyl sites for hydroxylation is 1. The lowest BCUT2D eigenvalue weighted by molar-refractivity contribution is 1.01. The van der Waals surface area contributed by atoms with Crippen molar-refractivity contribution in [2.75, 3.05) is 24.2 Å². The monoisotopic (exact) mass is 456 g/mol. The van der Waals surface area contributed by atoms with Crippen LogP contribution in [0, 0.1) is 0 Å². The summed E-state index contributed by atoms with van der Waals surface area (Å²) in [5.74, 6) is 2.91. The Kier molecular flexibility index (Phi) is 8.01. The normalized spacial score (nSPS) is 15.1. The Balaban J connectivity index is 0.000000191. The van der Waals surface area contributed by atoms with Gasteiger partial charge in [-0.3, -0.25) is 4.99 Å². The van der Waals surface area contributed by atoms with Crippen molar-refractivity contribution in [3.05, 3.63) is 77.6 Å². The number of dihydropyridines is 1. The van der Waals surface area contributed by atoms with E-state index in [1.54, 1.807) is 43.5 Å². The maximum absolute atomic E-state index is 5.91. The minimum Gasteiger partial charge on any atom is -0.384 e. The van der Waals surface area contributed by atoms with Crippen LogP contribution in [-0.2, 0) is 12.8 Å². The van der Waals surface area contributed by atoms with Gasteiger partial charge in [0.05, 0.1) is 0 Å². The van der Waals surface area contributed by atoms with Gasteiger partial charge >= 0.3 is 0 Å². The van der Waals surface area contributed by atoms with E-state index in [9.17, 15) is 0 Å². The summed E-state index contributed by atoms with van der Waals surface area (Å²) in [5.41, 5.74) is 26.3. The van der Waals surface area contributed by atoms with Gasteiger partial charge in [0.1, 0.15) is 29.0 Å². The van der Waals surface area contributed by atoms with Crippen molar-refractivity contribution in [3.8, 4) is 0 Å².